The van der Waals surface area contributed by atoms with E-state index in [-0.39, 0.29) is 0 Å². The average molecular weight is 267 g/mol. The van der Waals surface area contributed by atoms with Crippen molar-refractivity contribution in [3.63, 3.8) is 0 Å². The van der Waals surface area contributed by atoms with Gasteiger partial charge >= 0.3 is 0 Å². The summed E-state index contributed by atoms with van der Waals surface area (Å²) in [5.41, 5.74) is 16.4. The third-order valence-corrected chi connectivity index (χ3v) is 3.71. The lowest BCUT2D eigenvalue weighted by molar-refractivity contribution is 0.100. The normalized spacial score (nSPS) is 13.0. The van der Waals surface area contributed by atoms with Gasteiger partial charge in [-0.05, 0) is 60.7 Å². The summed E-state index contributed by atoms with van der Waals surface area (Å²) >= 11 is 0. The summed E-state index contributed by atoms with van der Waals surface area (Å²) in [5, 5.41) is 3.29. The fraction of sp³-hybridized carbons (Fsp3) is 0.188. The van der Waals surface area contributed by atoms with Crippen LogP contribution >= 0.6 is 0 Å². The first-order valence-corrected chi connectivity index (χ1v) is 6.71. The second kappa shape index (κ2) is 4.89. The van der Waals surface area contributed by atoms with Crippen LogP contribution in [0.25, 0.3) is 0 Å². The number of fused-ring (bicyclic) bond motifs is 1. The molecule has 1 aliphatic rings. The molecule has 0 heterocycles. The first-order chi connectivity index (χ1) is 9.63. The molecule has 0 bridgehead atoms. The molecule has 5 N–H and O–H groups in total. The molecule has 20 heavy (non-hydrogen) atoms. The number of aryl methyl sites for hydroxylation is 2. The van der Waals surface area contributed by atoms with Crippen molar-refractivity contribution in [3.05, 3.63) is 53.1 Å². The summed E-state index contributed by atoms with van der Waals surface area (Å²) in [6, 6.07) is 11.6. The van der Waals surface area contributed by atoms with Gasteiger partial charge in [-0.25, -0.2) is 0 Å². The topological polar surface area (TPSA) is 81.1 Å². The Labute approximate surface area is 117 Å². The summed E-state index contributed by atoms with van der Waals surface area (Å²) in [6.07, 6.45) is 3.54. The summed E-state index contributed by atoms with van der Waals surface area (Å²) in [5.74, 6) is -0.514. The van der Waals surface area contributed by atoms with Gasteiger partial charge in [0.1, 0.15) is 0 Å². The van der Waals surface area contributed by atoms with Gasteiger partial charge in [0.2, 0.25) is 0 Å². The Morgan fingerprint density at radius 3 is 2.50 bits per heavy atom. The fourth-order valence-corrected chi connectivity index (χ4v) is 2.66. The number of carbonyl (C=O) groups excluding carboxylic acids is 1. The smallest absolute Gasteiger partial charge is 0.250 e. The number of carbonyl (C=O) groups is 1. The molecular formula is C16H17N3O. The van der Waals surface area contributed by atoms with E-state index in [1.807, 2.05) is 6.07 Å². The number of hydrogen-bond acceptors (Lipinski definition) is 3. The molecule has 2 aromatic carbocycles. The van der Waals surface area contributed by atoms with E-state index in [0.29, 0.717) is 11.3 Å². The number of hydrogen-bond donors (Lipinski definition) is 3. The van der Waals surface area contributed by atoms with Crippen molar-refractivity contribution in [1.82, 2.24) is 0 Å². The third-order valence-electron chi connectivity index (χ3n) is 3.71. The highest BCUT2D eigenvalue weighted by Crippen LogP contribution is 2.27. The first-order valence-electron chi connectivity index (χ1n) is 6.71. The summed E-state index contributed by atoms with van der Waals surface area (Å²) < 4.78 is 0. The lowest BCUT2D eigenvalue weighted by Gasteiger charge is -2.10. The highest BCUT2D eigenvalue weighted by molar-refractivity contribution is 5.99. The molecule has 0 atom stereocenters. The fourth-order valence-electron chi connectivity index (χ4n) is 2.66. The minimum atomic E-state index is -0.514. The van der Waals surface area contributed by atoms with Gasteiger partial charge in [-0.1, -0.05) is 6.07 Å². The number of rotatable bonds is 3. The zero-order valence-corrected chi connectivity index (χ0v) is 11.1. The maximum Gasteiger partial charge on any atom is 0.250 e. The molecule has 2 aromatic rings. The minimum Gasteiger partial charge on any atom is -0.398 e. The van der Waals surface area contributed by atoms with Gasteiger partial charge in [0.15, 0.2) is 0 Å². The van der Waals surface area contributed by atoms with Crippen LogP contribution in [0, 0.1) is 0 Å². The Hall–Kier alpha value is -2.49. The van der Waals surface area contributed by atoms with Gasteiger partial charge < -0.3 is 16.8 Å². The summed E-state index contributed by atoms with van der Waals surface area (Å²) in [6.45, 7) is 0. The van der Waals surface area contributed by atoms with Crippen molar-refractivity contribution >= 4 is 23.0 Å². The maximum atomic E-state index is 11.3. The number of nitrogens with one attached hydrogen (secondary N) is 1. The summed E-state index contributed by atoms with van der Waals surface area (Å²) in [7, 11) is 0. The van der Waals surface area contributed by atoms with E-state index in [2.05, 4.69) is 23.5 Å². The predicted molar refractivity (Wildman–Crippen MR) is 81.1 cm³/mol. The number of nitrogens with two attached hydrogens (primary N) is 2. The van der Waals surface area contributed by atoms with Gasteiger partial charge in [0, 0.05) is 17.1 Å². The highest BCUT2D eigenvalue weighted by Gasteiger charge is 2.11. The standard InChI is InChI=1S/C16H17N3O/c17-15-7-6-13(9-14(15)16(18)20)19-12-5-4-10-2-1-3-11(10)8-12/h4-9,19H,1-3,17H2,(H2,18,20). The Morgan fingerprint density at radius 2 is 1.70 bits per heavy atom. The molecule has 0 saturated carbocycles. The second-order valence-corrected chi connectivity index (χ2v) is 5.13. The molecule has 0 fully saturated rings. The van der Waals surface area contributed by atoms with Gasteiger partial charge in [-0.3, -0.25) is 4.79 Å². The predicted octanol–water partition coefficient (Wildman–Crippen LogP) is 2.60. The van der Waals surface area contributed by atoms with Crippen LogP contribution in [0.3, 0.4) is 0 Å². The van der Waals surface area contributed by atoms with Crippen LogP contribution in [0.15, 0.2) is 36.4 Å². The quantitative estimate of drug-likeness (QED) is 0.748. The molecule has 0 saturated heterocycles. The highest BCUT2D eigenvalue weighted by atomic mass is 16.1. The molecule has 1 amide bonds. The van der Waals surface area contributed by atoms with Crippen LogP contribution in [0.5, 0.6) is 0 Å². The van der Waals surface area contributed by atoms with Crippen LogP contribution in [-0.4, -0.2) is 5.91 Å². The number of primary amides is 1. The Kier molecular flexibility index (Phi) is 3.06. The van der Waals surface area contributed by atoms with Crippen molar-refractivity contribution in [2.75, 3.05) is 11.1 Å². The van der Waals surface area contributed by atoms with Crippen molar-refractivity contribution in [3.8, 4) is 0 Å². The van der Waals surface area contributed by atoms with Gasteiger partial charge in [-0.15, -0.1) is 0 Å². The molecular weight excluding hydrogens is 250 g/mol. The number of anilines is 3. The van der Waals surface area contributed by atoms with E-state index in [1.165, 1.54) is 24.0 Å². The van der Waals surface area contributed by atoms with E-state index in [0.717, 1.165) is 17.8 Å². The molecule has 0 unspecified atom stereocenters. The molecule has 0 aliphatic heterocycles. The van der Waals surface area contributed by atoms with E-state index >= 15 is 0 Å². The Morgan fingerprint density at radius 1 is 1.00 bits per heavy atom. The first kappa shape index (κ1) is 12.5. The van der Waals surface area contributed by atoms with Crippen LogP contribution in [0.1, 0.15) is 27.9 Å². The molecule has 102 valence electrons. The molecule has 0 spiro atoms. The maximum absolute atomic E-state index is 11.3. The lowest BCUT2D eigenvalue weighted by Crippen LogP contribution is -2.13. The van der Waals surface area contributed by atoms with Crippen molar-refractivity contribution < 1.29 is 4.79 Å². The van der Waals surface area contributed by atoms with Crippen LogP contribution < -0.4 is 16.8 Å². The molecule has 0 aromatic heterocycles. The lowest BCUT2D eigenvalue weighted by atomic mass is 10.1. The third kappa shape index (κ3) is 2.32. The molecule has 4 nitrogen and oxygen atoms in total. The zero-order valence-electron chi connectivity index (χ0n) is 11.1. The number of amides is 1. The van der Waals surface area contributed by atoms with Gasteiger partial charge in [0.05, 0.1) is 5.56 Å². The monoisotopic (exact) mass is 267 g/mol. The SMILES string of the molecule is NC(=O)c1cc(Nc2ccc3c(c2)CCC3)ccc1N. The number of nitrogen functional groups attached to an aromatic ring is 1. The molecule has 1 aliphatic carbocycles. The van der Waals surface area contributed by atoms with Gasteiger partial charge in [-0.2, -0.15) is 0 Å². The van der Waals surface area contributed by atoms with Crippen LogP contribution in [-0.2, 0) is 12.8 Å². The average Bonchev–Trinajstić information content (AvgIpc) is 2.88. The Bertz CT molecular complexity index is 679. The Balaban J connectivity index is 1.88. The van der Waals surface area contributed by atoms with Crippen molar-refractivity contribution in [1.29, 1.82) is 0 Å². The molecule has 3 rings (SSSR count). The van der Waals surface area contributed by atoms with Crippen molar-refractivity contribution in [2.24, 2.45) is 5.73 Å². The second-order valence-electron chi connectivity index (χ2n) is 5.13. The van der Waals surface area contributed by atoms with Crippen LogP contribution in [0.2, 0.25) is 0 Å². The van der Waals surface area contributed by atoms with Gasteiger partial charge in [0.25, 0.3) is 5.91 Å². The largest absolute Gasteiger partial charge is 0.398 e. The molecule has 4 heteroatoms. The van der Waals surface area contributed by atoms with E-state index in [9.17, 15) is 4.79 Å². The number of benzene rings is 2. The van der Waals surface area contributed by atoms with E-state index in [1.54, 1.807) is 12.1 Å². The van der Waals surface area contributed by atoms with Crippen LogP contribution in [0.4, 0.5) is 17.1 Å². The van der Waals surface area contributed by atoms with E-state index in [4.69, 9.17) is 11.5 Å². The summed E-state index contributed by atoms with van der Waals surface area (Å²) in [4.78, 5) is 11.3. The van der Waals surface area contributed by atoms with E-state index < -0.39 is 5.91 Å². The molecule has 0 radical (unpaired) electrons. The van der Waals surface area contributed by atoms with Crippen molar-refractivity contribution in [2.45, 2.75) is 19.3 Å². The zero-order chi connectivity index (χ0) is 14.1. The minimum absolute atomic E-state index is 0.344.